The minimum absolute atomic E-state index is 0.143. The molecule has 1 saturated heterocycles. The number of anilines is 2. The fourth-order valence-electron chi connectivity index (χ4n) is 5.04. The predicted octanol–water partition coefficient (Wildman–Crippen LogP) is 5.46. The topological polar surface area (TPSA) is 73.0 Å². The number of hydrogen-bond donors (Lipinski definition) is 2. The maximum absolute atomic E-state index is 5.05. The molecule has 0 amide bonds. The van der Waals surface area contributed by atoms with Gasteiger partial charge in [-0.1, -0.05) is 51.1 Å². The summed E-state index contributed by atoms with van der Waals surface area (Å²) in [6, 6.07) is 17.3. The third-order valence-corrected chi connectivity index (χ3v) is 7.57. The Morgan fingerprint density at radius 1 is 0.946 bits per heavy atom. The molecule has 1 aliphatic carbocycles. The van der Waals surface area contributed by atoms with Crippen molar-refractivity contribution in [2.45, 2.75) is 45.6 Å². The average molecular weight is 496 g/mol. The molecule has 4 aromatic rings. The second-order valence-corrected chi connectivity index (χ2v) is 11.5. The van der Waals surface area contributed by atoms with Gasteiger partial charge in [0.1, 0.15) is 11.3 Å². The van der Waals surface area contributed by atoms with Crippen molar-refractivity contribution >= 4 is 22.7 Å². The van der Waals surface area contributed by atoms with Gasteiger partial charge in [0.2, 0.25) is 5.95 Å². The first-order valence-electron chi connectivity index (χ1n) is 13.6. The summed E-state index contributed by atoms with van der Waals surface area (Å²) >= 11 is 0. The number of nitrogens with zero attached hydrogens (tertiary/aromatic N) is 5. The molecule has 0 atom stereocenters. The number of benzene rings is 2. The van der Waals surface area contributed by atoms with Crippen LogP contribution in [0.5, 0.6) is 0 Å². The highest BCUT2D eigenvalue weighted by Gasteiger charge is 2.22. The van der Waals surface area contributed by atoms with Crippen LogP contribution in [-0.4, -0.2) is 57.6 Å². The van der Waals surface area contributed by atoms with Crippen LogP contribution in [0.1, 0.15) is 44.9 Å². The van der Waals surface area contributed by atoms with E-state index in [0.29, 0.717) is 0 Å². The van der Waals surface area contributed by atoms with E-state index >= 15 is 0 Å². The van der Waals surface area contributed by atoms with E-state index in [9.17, 15) is 0 Å². The highest BCUT2D eigenvalue weighted by molar-refractivity contribution is 5.91. The fraction of sp³-hybridized carbons (Fsp3) is 0.433. The van der Waals surface area contributed by atoms with Gasteiger partial charge in [-0.2, -0.15) is 0 Å². The zero-order valence-corrected chi connectivity index (χ0v) is 22.2. The van der Waals surface area contributed by atoms with Crippen LogP contribution >= 0.6 is 0 Å². The number of aromatic nitrogens is 4. The highest BCUT2D eigenvalue weighted by Crippen LogP contribution is 2.31. The van der Waals surface area contributed by atoms with Crippen LogP contribution in [0.3, 0.4) is 0 Å². The number of aromatic amines is 1. The van der Waals surface area contributed by atoms with Gasteiger partial charge >= 0.3 is 0 Å². The smallest absolute Gasteiger partial charge is 0.222 e. The van der Waals surface area contributed by atoms with Crippen LogP contribution in [-0.2, 0) is 12.0 Å². The van der Waals surface area contributed by atoms with Crippen molar-refractivity contribution in [1.82, 2.24) is 24.8 Å². The van der Waals surface area contributed by atoms with Crippen LogP contribution < -0.4 is 10.2 Å². The lowest BCUT2D eigenvalue weighted by molar-refractivity contribution is 0.247. The van der Waals surface area contributed by atoms with Gasteiger partial charge < -0.3 is 15.2 Å². The molecule has 2 fully saturated rings. The third-order valence-electron chi connectivity index (χ3n) is 7.57. The summed E-state index contributed by atoms with van der Waals surface area (Å²) in [5, 5.41) is 3.39. The zero-order chi connectivity index (χ0) is 25.4. The van der Waals surface area contributed by atoms with Gasteiger partial charge in [0.05, 0.1) is 16.9 Å². The largest absolute Gasteiger partial charge is 0.367 e. The molecular weight excluding hydrogens is 458 g/mol. The molecule has 6 rings (SSSR count). The maximum Gasteiger partial charge on any atom is 0.222 e. The average Bonchev–Trinajstić information content (AvgIpc) is 3.63. The lowest BCUT2D eigenvalue weighted by Gasteiger charge is -2.36. The molecular formula is C30H37N7. The Balaban J connectivity index is 1.12. The third kappa shape index (κ3) is 5.47. The maximum atomic E-state index is 5.05. The molecule has 1 aliphatic heterocycles. The van der Waals surface area contributed by atoms with Gasteiger partial charge in [-0.25, -0.2) is 15.0 Å². The van der Waals surface area contributed by atoms with Gasteiger partial charge in [0.15, 0.2) is 0 Å². The van der Waals surface area contributed by atoms with Gasteiger partial charge in [-0.05, 0) is 47.9 Å². The van der Waals surface area contributed by atoms with E-state index in [1.54, 1.807) is 0 Å². The van der Waals surface area contributed by atoms with Crippen LogP contribution in [0.15, 0.2) is 54.7 Å². The minimum Gasteiger partial charge on any atom is -0.367 e. The zero-order valence-electron chi connectivity index (χ0n) is 22.2. The highest BCUT2D eigenvalue weighted by atomic mass is 15.3. The summed E-state index contributed by atoms with van der Waals surface area (Å²) in [4.78, 5) is 22.7. The van der Waals surface area contributed by atoms with Crippen molar-refractivity contribution in [1.29, 1.82) is 0 Å². The monoisotopic (exact) mass is 495 g/mol. The van der Waals surface area contributed by atoms with Crippen LogP contribution in [0, 0.1) is 5.92 Å². The first-order chi connectivity index (χ1) is 17.9. The van der Waals surface area contributed by atoms with Crippen molar-refractivity contribution < 1.29 is 0 Å². The summed E-state index contributed by atoms with van der Waals surface area (Å²) in [6.45, 7) is 12.5. The van der Waals surface area contributed by atoms with E-state index in [4.69, 9.17) is 9.97 Å². The second kappa shape index (κ2) is 9.78. The van der Waals surface area contributed by atoms with Crippen LogP contribution in [0.2, 0.25) is 0 Å². The molecule has 7 heteroatoms. The van der Waals surface area contributed by atoms with Crippen molar-refractivity contribution in [3.8, 4) is 11.4 Å². The number of rotatable bonds is 7. The van der Waals surface area contributed by atoms with Gasteiger partial charge in [0.25, 0.3) is 0 Å². The Kier molecular flexibility index (Phi) is 6.32. The summed E-state index contributed by atoms with van der Waals surface area (Å²) in [5.41, 5.74) is 7.02. The van der Waals surface area contributed by atoms with Crippen molar-refractivity contribution in [2.24, 2.45) is 5.92 Å². The molecule has 1 saturated carbocycles. The van der Waals surface area contributed by atoms with Crippen molar-refractivity contribution in [2.75, 3.05) is 42.9 Å². The number of nitrogens with one attached hydrogen (secondary N) is 2. The van der Waals surface area contributed by atoms with Crippen molar-refractivity contribution in [3.63, 3.8) is 0 Å². The quantitative estimate of drug-likeness (QED) is 0.355. The molecule has 192 valence electrons. The molecule has 37 heavy (non-hydrogen) atoms. The summed E-state index contributed by atoms with van der Waals surface area (Å²) in [5.74, 6) is 2.50. The molecule has 2 aliphatic rings. The fourth-order valence-corrected chi connectivity index (χ4v) is 5.04. The molecule has 0 bridgehead atoms. The SMILES string of the molecule is CC(C)(C)c1ccc(-c2nc3c(N4CCN(Cc5ccnc(NCC6CC6)n5)CC4)cccc3[nH]2)cc1. The number of hydrogen-bond acceptors (Lipinski definition) is 6. The summed E-state index contributed by atoms with van der Waals surface area (Å²) in [7, 11) is 0. The summed E-state index contributed by atoms with van der Waals surface area (Å²) in [6.07, 6.45) is 4.53. The Hall–Kier alpha value is -3.45. The Bertz CT molecular complexity index is 1360. The van der Waals surface area contributed by atoms with E-state index in [1.165, 1.54) is 24.1 Å². The van der Waals surface area contributed by atoms with Crippen LogP contribution in [0.25, 0.3) is 22.4 Å². The summed E-state index contributed by atoms with van der Waals surface area (Å²) < 4.78 is 0. The Morgan fingerprint density at radius 2 is 1.73 bits per heavy atom. The molecule has 3 heterocycles. The number of H-pyrrole nitrogens is 1. The lowest BCUT2D eigenvalue weighted by Crippen LogP contribution is -2.46. The van der Waals surface area contributed by atoms with E-state index < -0.39 is 0 Å². The predicted molar refractivity (Wildman–Crippen MR) is 151 cm³/mol. The number of imidazole rings is 1. The van der Waals surface area contributed by atoms with Gasteiger partial charge in [-0.3, -0.25) is 4.90 Å². The standard InChI is InChI=1S/C30H37N7/c1-30(2,3)23-11-9-22(10-12-23)28-34-25-5-4-6-26(27(25)35-28)37-17-15-36(16-18-37)20-24-13-14-31-29(33-24)32-19-21-7-8-21/h4-6,9-14,21H,7-8,15-20H2,1-3H3,(H,34,35)(H,31,32,33). The van der Waals surface area contributed by atoms with Gasteiger partial charge in [0, 0.05) is 51.0 Å². The Labute approximate surface area is 219 Å². The Morgan fingerprint density at radius 3 is 2.46 bits per heavy atom. The number of para-hydroxylation sites is 1. The van der Waals surface area contributed by atoms with E-state index in [2.05, 4.69) is 88.3 Å². The molecule has 0 spiro atoms. The number of piperazine rings is 1. The number of fused-ring (bicyclic) bond motifs is 1. The van der Waals surface area contributed by atoms with E-state index in [1.807, 2.05) is 12.3 Å². The van der Waals surface area contributed by atoms with Crippen LogP contribution in [0.4, 0.5) is 11.6 Å². The first-order valence-corrected chi connectivity index (χ1v) is 13.6. The lowest BCUT2D eigenvalue weighted by atomic mass is 9.87. The van der Waals surface area contributed by atoms with Crippen molar-refractivity contribution in [3.05, 3.63) is 66.0 Å². The van der Waals surface area contributed by atoms with Gasteiger partial charge in [-0.15, -0.1) is 0 Å². The molecule has 2 aromatic heterocycles. The molecule has 0 unspecified atom stereocenters. The van der Waals surface area contributed by atoms with E-state index in [-0.39, 0.29) is 5.41 Å². The second-order valence-electron chi connectivity index (χ2n) is 11.5. The molecule has 7 nitrogen and oxygen atoms in total. The van der Waals surface area contributed by atoms with E-state index in [0.717, 1.165) is 79.2 Å². The molecule has 2 N–H and O–H groups in total. The minimum atomic E-state index is 0.143. The normalized spacial score (nSPS) is 16.9. The molecule has 2 aromatic carbocycles. The first kappa shape index (κ1) is 23.9. The molecule has 0 radical (unpaired) electrons.